The van der Waals surface area contributed by atoms with Gasteiger partial charge in [-0.15, -0.1) is 0 Å². The largest absolute Gasteiger partial charge is 0.382 e. The number of aryl methyl sites for hydroxylation is 1. The highest BCUT2D eigenvalue weighted by molar-refractivity contribution is 5.14. The molecule has 1 rings (SSSR count). The molecule has 1 N–H and O–H groups in total. The van der Waals surface area contributed by atoms with Gasteiger partial charge in [0.05, 0.1) is 0 Å². The molecule has 0 saturated heterocycles. The minimum absolute atomic E-state index is 0.510. The van der Waals surface area contributed by atoms with Crippen molar-refractivity contribution in [1.82, 2.24) is 10.3 Å². The van der Waals surface area contributed by atoms with Crippen molar-refractivity contribution >= 4 is 0 Å². The first-order valence-electron chi connectivity index (χ1n) is 8.05. The molecule has 0 radical (unpaired) electrons. The van der Waals surface area contributed by atoms with Crippen molar-refractivity contribution in [3.05, 3.63) is 29.6 Å². The molecule has 3 nitrogen and oxygen atoms in total. The molecule has 3 heteroatoms. The monoisotopic (exact) mass is 278 g/mol. The minimum atomic E-state index is 0.510. The zero-order chi connectivity index (χ0) is 14.6. The summed E-state index contributed by atoms with van der Waals surface area (Å²) in [5.74, 6) is 0. The number of nitrogens with one attached hydrogen (secondary N) is 1. The number of ether oxygens (including phenoxy) is 1. The van der Waals surface area contributed by atoms with Gasteiger partial charge in [0.25, 0.3) is 0 Å². The van der Waals surface area contributed by atoms with Crippen molar-refractivity contribution in [3.63, 3.8) is 0 Å². The van der Waals surface area contributed by atoms with Gasteiger partial charge in [0.2, 0.25) is 0 Å². The van der Waals surface area contributed by atoms with Gasteiger partial charge in [0, 0.05) is 37.6 Å². The Morgan fingerprint density at radius 2 is 2.10 bits per heavy atom. The molecule has 0 bridgehead atoms. The van der Waals surface area contributed by atoms with Crippen LogP contribution < -0.4 is 5.32 Å². The maximum Gasteiger partial charge on any atom is 0.0466 e. The first kappa shape index (κ1) is 17.1. The molecule has 20 heavy (non-hydrogen) atoms. The van der Waals surface area contributed by atoms with Crippen molar-refractivity contribution in [2.75, 3.05) is 19.8 Å². The van der Waals surface area contributed by atoms with Gasteiger partial charge in [0.15, 0.2) is 0 Å². The second-order valence-corrected chi connectivity index (χ2v) is 5.21. The van der Waals surface area contributed by atoms with Crippen LogP contribution in [0.4, 0.5) is 0 Å². The molecule has 0 aliphatic heterocycles. The van der Waals surface area contributed by atoms with Crippen molar-refractivity contribution in [2.45, 2.75) is 58.9 Å². The molecule has 0 spiro atoms. The Hall–Kier alpha value is -0.930. The van der Waals surface area contributed by atoms with Gasteiger partial charge in [-0.3, -0.25) is 4.98 Å². The average molecular weight is 278 g/mol. The molecule has 0 fully saturated rings. The van der Waals surface area contributed by atoms with Crippen LogP contribution in [-0.2, 0) is 17.6 Å². The Balaban J connectivity index is 2.44. The molecular weight excluding hydrogens is 248 g/mol. The maximum absolute atomic E-state index is 5.43. The number of pyridine rings is 1. The highest BCUT2D eigenvalue weighted by atomic mass is 16.5. The maximum atomic E-state index is 5.43. The Morgan fingerprint density at radius 3 is 2.70 bits per heavy atom. The molecular formula is C17H30N2O. The lowest BCUT2D eigenvalue weighted by Gasteiger charge is -2.18. The molecule has 114 valence electrons. The SMILES string of the molecule is CCCNC(CCCOCC)Cc1ccc(CC)cn1. The summed E-state index contributed by atoms with van der Waals surface area (Å²) in [6, 6.07) is 4.87. The third-order valence-corrected chi connectivity index (χ3v) is 3.48. The topological polar surface area (TPSA) is 34.1 Å². The predicted molar refractivity (Wildman–Crippen MR) is 85.1 cm³/mol. The van der Waals surface area contributed by atoms with Crippen molar-refractivity contribution in [2.24, 2.45) is 0 Å². The van der Waals surface area contributed by atoms with Crippen LogP contribution in [0.5, 0.6) is 0 Å². The fraction of sp³-hybridized carbons (Fsp3) is 0.706. The Bertz CT molecular complexity index is 337. The van der Waals surface area contributed by atoms with Crippen LogP contribution in [-0.4, -0.2) is 30.8 Å². The third kappa shape index (κ3) is 7.01. The van der Waals surface area contributed by atoms with Gasteiger partial charge in [-0.25, -0.2) is 0 Å². The van der Waals surface area contributed by atoms with Crippen LogP contribution in [0, 0.1) is 0 Å². The van der Waals surface area contributed by atoms with Gasteiger partial charge < -0.3 is 10.1 Å². The normalized spacial score (nSPS) is 12.6. The molecule has 0 aromatic carbocycles. The summed E-state index contributed by atoms with van der Waals surface area (Å²) in [6.07, 6.45) is 7.51. The smallest absolute Gasteiger partial charge is 0.0466 e. The van der Waals surface area contributed by atoms with Crippen molar-refractivity contribution in [3.8, 4) is 0 Å². The summed E-state index contributed by atoms with van der Waals surface area (Å²) >= 11 is 0. The Labute approximate surface area is 124 Å². The highest BCUT2D eigenvalue weighted by Crippen LogP contribution is 2.08. The molecule has 0 aliphatic rings. The average Bonchev–Trinajstić information content (AvgIpc) is 2.49. The van der Waals surface area contributed by atoms with Gasteiger partial charge in [0.1, 0.15) is 0 Å². The lowest BCUT2D eigenvalue weighted by Crippen LogP contribution is -2.32. The number of hydrogen-bond acceptors (Lipinski definition) is 3. The first-order chi connectivity index (χ1) is 9.80. The third-order valence-electron chi connectivity index (χ3n) is 3.48. The van der Waals surface area contributed by atoms with Crippen LogP contribution in [0.1, 0.15) is 51.3 Å². The van der Waals surface area contributed by atoms with E-state index < -0.39 is 0 Å². The minimum Gasteiger partial charge on any atom is -0.382 e. The zero-order valence-corrected chi connectivity index (χ0v) is 13.3. The summed E-state index contributed by atoms with van der Waals surface area (Å²) in [4.78, 5) is 4.57. The summed E-state index contributed by atoms with van der Waals surface area (Å²) in [7, 11) is 0. The van der Waals surface area contributed by atoms with E-state index in [0.717, 1.165) is 45.4 Å². The van der Waals surface area contributed by atoms with E-state index in [1.165, 1.54) is 17.7 Å². The fourth-order valence-electron chi connectivity index (χ4n) is 2.24. The van der Waals surface area contributed by atoms with Crippen LogP contribution in [0.2, 0.25) is 0 Å². The van der Waals surface area contributed by atoms with Crippen LogP contribution >= 0.6 is 0 Å². The van der Waals surface area contributed by atoms with Crippen LogP contribution in [0.25, 0.3) is 0 Å². The van der Waals surface area contributed by atoms with E-state index in [-0.39, 0.29) is 0 Å². The van der Waals surface area contributed by atoms with E-state index in [0.29, 0.717) is 6.04 Å². The van der Waals surface area contributed by atoms with Gasteiger partial charge in [-0.05, 0) is 50.8 Å². The van der Waals surface area contributed by atoms with E-state index in [9.17, 15) is 0 Å². The van der Waals surface area contributed by atoms with Crippen molar-refractivity contribution < 1.29 is 4.74 Å². The molecule has 0 aliphatic carbocycles. The van der Waals surface area contributed by atoms with Crippen LogP contribution in [0.3, 0.4) is 0 Å². The number of nitrogens with zero attached hydrogens (tertiary/aromatic N) is 1. The zero-order valence-electron chi connectivity index (χ0n) is 13.3. The fourth-order valence-corrected chi connectivity index (χ4v) is 2.24. The van der Waals surface area contributed by atoms with Gasteiger partial charge in [-0.1, -0.05) is 19.9 Å². The standard InChI is InChI=1S/C17H30N2O/c1-4-11-18-16(8-7-12-20-6-3)13-17-10-9-15(5-2)14-19-17/h9-10,14,16,18H,4-8,11-13H2,1-3H3. The molecule has 1 aromatic rings. The summed E-state index contributed by atoms with van der Waals surface area (Å²) in [5.41, 5.74) is 2.50. The van der Waals surface area contributed by atoms with Crippen molar-refractivity contribution in [1.29, 1.82) is 0 Å². The Morgan fingerprint density at radius 1 is 1.25 bits per heavy atom. The molecule has 1 atom stereocenters. The van der Waals surface area contributed by atoms with Gasteiger partial charge >= 0.3 is 0 Å². The highest BCUT2D eigenvalue weighted by Gasteiger charge is 2.09. The quantitative estimate of drug-likeness (QED) is 0.630. The van der Waals surface area contributed by atoms with Crippen LogP contribution in [0.15, 0.2) is 18.3 Å². The first-order valence-corrected chi connectivity index (χ1v) is 8.05. The van der Waals surface area contributed by atoms with E-state index in [1.54, 1.807) is 0 Å². The van der Waals surface area contributed by atoms with Gasteiger partial charge in [-0.2, -0.15) is 0 Å². The second kappa shape index (κ2) is 10.8. The number of aromatic nitrogens is 1. The van der Waals surface area contributed by atoms with E-state index in [4.69, 9.17) is 4.74 Å². The van der Waals surface area contributed by atoms with E-state index >= 15 is 0 Å². The molecule has 0 amide bonds. The lowest BCUT2D eigenvalue weighted by atomic mass is 10.0. The second-order valence-electron chi connectivity index (χ2n) is 5.21. The lowest BCUT2D eigenvalue weighted by molar-refractivity contribution is 0.140. The Kier molecular flexibility index (Phi) is 9.25. The number of rotatable bonds is 11. The van der Waals surface area contributed by atoms with E-state index in [1.807, 2.05) is 13.1 Å². The van der Waals surface area contributed by atoms with E-state index in [2.05, 4.69) is 36.3 Å². The molecule has 1 heterocycles. The molecule has 0 saturated carbocycles. The molecule has 1 aromatic heterocycles. The number of hydrogen-bond donors (Lipinski definition) is 1. The summed E-state index contributed by atoms with van der Waals surface area (Å²) in [5, 5.41) is 3.63. The summed E-state index contributed by atoms with van der Waals surface area (Å²) < 4.78 is 5.43. The summed E-state index contributed by atoms with van der Waals surface area (Å²) in [6.45, 7) is 9.17. The molecule has 1 unspecified atom stereocenters. The predicted octanol–water partition coefficient (Wildman–Crippen LogP) is 3.37.